The number of aliphatic hydroxyl groups is 1. The molecule has 0 unspecified atom stereocenters. The number of anilines is 1. The number of urea groups is 1. The smallest absolute Gasteiger partial charge is 0.322 e. The number of likely N-dealkylation sites (N-methyl/N-ethyl adjacent to an activating group) is 1. The van der Waals surface area contributed by atoms with E-state index in [1.165, 1.54) is 4.90 Å². The van der Waals surface area contributed by atoms with Crippen LogP contribution in [-0.4, -0.2) is 45.0 Å². The van der Waals surface area contributed by atoms with Crippen LogP contribution in [0, 0.1) is 0 Å². The molecule has 132 valence electrons. The Morgan fingerprint density at radius 3 is 2.13 bits per heavy atom. The molecule has 1 aromatic rings. The van der Waals surface area contributed by atoms with E-state index in [0.717, 1.165) is 5.69 Å². The van der Waals surface area contributed by atoms with Gasteiger partial charge in [-0.25, -0.2) is 9.48 Å². The van der Waals surface area contributed by atoms with Crippen LogP contribution in [0.2, 0.25) is 0 Å². The Bertz CT molecular complexity index is 557. The van der Waals surface area contributed by atoms with Gasteiger partial charge < -0.3 is 10.0 Å². The number of carbonyl (C=O) groups excluding carboxylic acids is 1. The molecular formula is C17H32N4O2. The maximum absolute atomic E-state index is 12.4. The average molecular weight is 324 g/mol. The van der Waals surface area contributed by atoms with Crippen molar-refractivity contribution in [2.45, 2.75) is 71.9 Å². The second-order valence-corrected chi connectivity index (χ2v) is 8.85. The van der Waals surface area contributed by atoms with Crippen molar-refractivity contribution in [3.63, 3.8) is 0 Å². The van der Waals surface area contributed by atoms with Gasteiger partial charge in [-0.05, 0) is 34.6 Å². The summed E-state index contributed by atoms with van der Waals surface area (Å²) in [5.74, 6) is 0.662. The number of nitrogens with zero attached hydrogens (tertiary/aromatic N) is 3. The fraction of sp³-hybridized carbons (Fsp3) is 0.765. The number of rotatable bonds is 3. The summed E-state index contributed by atoms with van der Waals surface area (Å²) in [7, 11) is 1.66. The molecule has 0 aliphatic rings. The van der Waals surface area contributed by atoms with Crippen molar-refractivity contribution in [1.29, 1.82) is 0 Å². The van der Waals surface area contributed by atoms with Crippen molar-refractivity contribution in [3.05, 3.63) is 11.8 Å². The maximum Gasteiger partial charge on any atom is 0.322 e. The topological polar surface area (TPSA) is 70.4 Å². The predicted molar refractivity (Wildman–Crippen MR) is 93.9 cm³/mol. The normalized spacial score (nSPS) is 13.1. The van der Waals surface area contributed by atoms with Crippen LogP contribution in [0.3, 0.4) is 0 Å². The monoisotopic (exact) mass is 324 g/mol. The maximum atomic E-state index is 12.4. The molecule has 6 nitrogen and oxygen atoms in total. The molecule has 2 amide bonds. The Morgan fingerprint density at radius 1 is 1.22 bits per heavy atom. The zero-order chi connectivity index (χ0) is 18.2. The molecule has 0 aliphatic heterocycles. The Labute approximate surface area is 139 Å². The fourth-order valence-corrected chi connectivity index (χ4v) is 2.21. The number of nitrogens with one attached hydrogen (secondary N) is 1. The highest BCUT2D eigenvalue weighted by Crippen LogP contribution is 2.28. The van der Waals surface area contributed by atoms with Gasteiger partial charge in [-0.3, -0.25) is 5.32 Å². The first-order valence-corrected chi connectivity index (χ1v) is 7.97. The van der Waals surface area contributed by atoms with E-state index in [9.17, 15) is 9.90 Å². The van der Waals surface area contributed by atoms with Crippen molar-refractivity contribution in [2.24, 2.45) is 0 Å². The predicted octanol–water partition coefficient (Wildman–Crippen LogP) is 3.17. The third-order valence-corrected chi connectivity index (χ3v) is 3.32. The molecule has 1 heterocycles. The number of amides is 2. The quantitative estimate of drug-likeness (QED) is 0.897. The van der Waals surface area contributed by atoms with E-state index < -0.39 is 5.60 Å². The minimum Gasteiger partial charge on any atom is -0.389 e. The van der Waals surface area contributed by atoms with Crippen LogP contribution in [0.4, 0.5) is 10.6 Å². The van der Waals surface area contributed by atoms with Crippen molar-refractivity contribution in [2.75, 3.05) is 18.9 Å². The number of hydrogen-bond donors (Lipinski definition) is 2. The first kappa shape index (κ1) is 19.5. The van der Waals surface area contributed by atoms with Crippen LogP contribution in [0.15, 0.2) is 6.07 Å². The summed E-state index contributed by atoms with van der Waals surface area (Å²) in [5, 5.41) is 17.4. The lowest BCUT2D eigenvalue weighted by atomic mass is 9.92. The van der Waals surface area contributed by atoms with E-state index in [2.05, 4.69) is 31.2 Å². The van der Waals surface area contributed by atoms with E-state index in [4.69, 9.17) is 0 Å². The molecule has 23 heavy (non-hydrogen) atoms. The fourth-order valence-electron chi connectivity index (χ4n) is 2.21. The molecule has 1 aromatic heterocycles. The van der Waals surface area contributed by atoms with E-state index in [-0.39, 0.29) is 23.5 Å². The summed E-state index contributed by atoms with van der Waals surface area (Å²) >= 11 is 0. The highest BCUT2D eigenvalue weighted by molar-refractivity contribution is 5.88. The third kappa shape index (κ3) is 5.53. The van der Waals surface area contributed by atoms with Crippen molar-refractivity contribution in [3.8, 4) is 0 Å². The molecule has 6 heteroatoms. The number of hydrogen-bond acceptors (Lipinski definition) is 3. The Hall–Kier alpha value is -1.56. The van der Waals surface area contributed by atoms with Gasteiger partial charge in [0.2, 0.25) is 0 Å². The van der Waals surface area contributed by atoms with Crippen molar-refractivity contribution >= 4 is 11.8 Å². The SMILES string of the molecule is CN(CC(C)(C)O)C(=O)Nc1cc(C(C)(C)C)nn1C(C)(C)C. The van der Waals surface area contributed by atoms with Crippen LogP contribution in [0.1, 0.15) is 61.1 Å². The average Bonchev–Trinajstić information content (AvgIpc) is 2.69. The van der Waals surface area contributed by atoms with Crippen LogP contribution in [0.5, 0.6) is 0 Å². The van der Waals surface area contributed by atoms with Gasteiger partial charge in [-0.1, -0.05) is 20.8 Å². The minimum atomic E-state index is -0.938. The van der Waals surface area contributed by atoms with Crippen LogP contribution in [0.25, 0.3) is 0 Å². The Balaban J connectivity index is 3.08. The molecule has 0 bridgehead atoms. The molecule has 0 fully saturated rings. The molecule has 0 aromatic carbocycles. The lowest BCUT2D eigenvalue weighted by Gasteiger charge is -2.27. The van der Waals surface area contributed by atoms with Crippen LogP contribution < -0.4 is 5.32 Å². The molecule has 2 N–H and O–H groups in total. The summed E-state index contributed by atoms with van der Waals surface area (Å²) in [6, 6.07) is 1.65. The lowest BCUT2D eigenvalue weighted by molar-refractivity contribution is 0.0550. The van der Waals surface area contributed by atoms with Gasteiger partial charge in [0.05, 0.1) is 23.4 Å². The van der Waals surface area contributed by atoms with Gasteiger partial charge in [-0.2, -0.15) is 5.10 Å². The molecule has 0 aliphatic carbocycles. The summed E-state index contributed by atoms with van der Waals surface area (Å²) in [4.78, 5) is 13.9. The first-order chi connectivity index (χ1) is 10.1. The zero-order valence-corrected chi connectivity index (χ0v) is 16.0. The number of aromatic nitrogens is 2. The standard InChI is InChI=1S/C17H32N4O2/c1-15(2,3)12-10-13(21(19-12)16(4,5)6)18-14(22)20(9)11-17(7,8)23/h10,23H,11H2,1-9H3,(H,18,22). The van der Waals surface area contributed by atoms with Gasteiger partial charge in [-0.15, -0.1) is 0 Å². The van der Waals surface area contributed by atoms with Gasteiger partial charge in [0, 0.05) is 18.5 Å². The van der Waals surface area contributed by atoms with Crippen LogP contribution in [-0.2, 0) is 11.0 Å². The van der Waals surface area contributed by atoms with E-state index >= 15 is 0 Å². The summed E-state index contributed by atoms with van der Waals surface area (Å²) < 4.78 is 1.84. The molecular weight excluding hydrogens is 292 g/mol. The molecule has 0 spiro atoms. The van der Waals surface area contributed by atoms with Gasteiger partial charge in [0.15, 0.2) is 0 Å². The van der Waals surface area contributed by atoms with Gasteiger partial charge >= 0.3 is 6.03 Å². The summed E-state index contributed by atoms with van der Waals surface area (Å²) in [6.45, 7) is 16.0. The van der Waals surface area contributed by atoms with E-state index in [1.54, 1.807) is 20.9 Å². The van der Waals surface area contributed by atoms with E-state index in [1.807, 2.05) is 31.5 Å². The van der Waals surface area contributed by atoms with Crippen LogP contribution >= 0.6 is 0 Å². The van der Waals surface area contributed by atoms with E-state index in [0.29, 0.717) is 5.82 Å². The second kappa shape index (κ2) is 6.15. The van der Waals surface area contributed by atoms with Crippen molar-refractivity contribution < 1.29 is 9.90 Å². The largest absolute Gasteiger partial charge is 0.389 e. The Kier molecular flexibility index (Phi) is 5.21. The second-order valence-electron chi connectivity index (χ2n) is 8.85. The lowest BCUT2D eigenvalue weighted by Crippen LogP contribution is -2.42. The zero-order valence-electron chi connectivity index (χ0n) is 16.0. The number of carbonyl (C=O) groups is 1. The summed E-state index contributed by atoms with van der Waals surface area (Å²) in [6.07, 6.45) is 0. The minimum absolute atomic E-state index is 0.102. The summed E-state index contributed by atoms with van der Waals surface area (Å²) in [5.41, 5.74) is -0.365. The highest BCUT2D eigenvalue weighted by atomic mass is 16.3. The molecule has 1 rings (SSSR count). The highest BCUT2D eigenvalue weighted by Gasteiger charge is 2.27. The molecule has 0 saturated heterocycles. The third-order valence-electron chi connectivity index (χ3n) is 3.32. The Morgan fingerprint density at radius 2 is 1.74 bits per heavy atom. The first-order valence-electron chi connectivity index (χ1n) is 7.97. The van der Waals surface area contributed by atoms with Gasteiger partial charge in [0.25, 0.3) is 0 Å². The van der Waals surface area contributed by atoms with Crippen molar-refractivity contribution in [1.82, 2.24) is 14.7 Å². The van der Waals surface area contributed by atoms with Gasteiger partial charge in [0.1, 0.15) is 5.82 Å². The molecule has 0 atom stereocenters. The molecule has 0 saturated carbocycles. The molecule has 0 radical (unpaired) electrons.